The molecule has 0 atom stereocenters. The molecule has 0 aliphatic rings. The van der Waals surface area contributed by atoms with Gasteiger partial charge in [0, 0.05) is 10.9 Å². The molecule has 0 aliphatic carbocycles. The molecular weight excluding hydrogens is 300 g/mol. The fourth-order valence-corrected chi connectivity index (χ4v) is 3.23. The van der Waals surface area contributed by atoms with E-state index in [0.717, 1.165) is 7.11 Å². The Hall–Kier alpha value is -2.35. The van der Waals surface area contributed by atoms with E-state index in [1.807, 2.05) is 0 Å². The number of benzene rings is 1. The molecule has 0 spiro atoms. The number of furan rings is 1. The summed E-state index contributed by atoms with van der Waals surface area (Å²) in [5.74, 6) is -4.14. The third-order valence-corrected chi connectivity index (χ3v) is 4.23. The zero-order chi connectivity index (χ0) is 15.6. The number of esters is 1. The number of methoxy groups -OCH3 is 1. The van der Waals surface area contributed by atoms with Crippen LogP contribution in [0.15, 0.2) is 28.7 Å². The fraction of sp³-hybridized carbons (Fsp3) is 0.231. The van der Waals surface area contributed by atoms with Crippen LogP contribution >= 0.6 is 0 Å². The normalized spacial score (nSPS) is 11.5. The van der Waals surface area contributed by atoms with E-state index in [2.05, 4.69) is 4.74 Å². The van der Waals surface area contributed by atoms with Crippen molar-refractivity contribution in [2.75, 3.05) is 12.9 Å². The van der Waals surface area contributed by atoms with Crippen LogP contribution in [0.1, 0.15) is 16.1 Å². The number of carbonyl (C=O) groups is 2. The average molecular weight is 312 g/mol. The van der Waals surface area contributed by atoms with Gasteiger partial charge in [-0.1, -0.05) is 18.2 Å². The Kier molecular flexibility index (Phi) is 3.99. The highest BCUT2D eigenvalue weighted by Crippen LogP contribution is 2.27. The van der Waals surface area contributed by atoms with Gasteiger partial charge in [-0.05, 0) is 6.07 Å². The van der Waals surface area contributed by atoms with Crippen LogP contribution in [0.4, 0.5) is 0 Å². The van der Waals surface area contributed by atoms with E-state index in [1.165, 1.54) is 6.07 Å². The second kappa shape index (κ2) is 5.57. The largest absolute Gasteiger partial charge is 0.475 e. The number of fused-ring (bicyclic) bond motifs is 1. The number of para-hydroxylation sites is 1. The molecule has 0 unspecified atom stereocenters. The minimum absolute atomic E-state index is 0.0296. The second-order valence-electron chi connectivity index (χ2n) is 4.32. The predicted molar refractivity (Wildman–Crippen MR) is 72.7 cm³/mol. The number of hydrogen-bond donors (Lipinski definition) is 1. The maximum absolute atomic E-state index is 12.0. The van der Waals surface area contributed by atoms with Crippen molar-refractivity contribution in [3.05, 3.63) is 35.6 Å². The van der Waals surface area contributed by atoms with Crippen molar-refractivity contribution < 1.29 is 32.3 Å². The van der Waals surface area contributed by atoms with E-state index in [0.29, 0.717) is 5.39 Å². The summed E-state index contributed by atoms with van der Waals surface area (Å²) in [6.07, 6.45) is 0. The van der Waals surface area contributed by atoms with Gasteiger partial charge in [-0.3, -0.25) is 4.79 Å². The van der Waals surface area contributed by atoms with Gasteiger partial charge in [0.05, 0.1) is 12.9 Å². The van der Waals surface area contributed by atoms with E-state index in [1.54, 1.807) is 18.2 Å². The fourth-order valence-electron chi connectivity index (χ4n) is 1.92. The Bertz CT molecular complexity index is 801. The van der Waals surface area contributed by atoms with Crippen molar-refractivity contribution >= 4 is 32.7 Å². The first-order valence-electron chi connectivity index (χ1n) is 5.85. The molecule has 21 heavy (non-hydrogen) atoms. The number of aromatic carboxylic acids is 1. The Balaban J connectivity index is 2.48. The summed E-state index contributed by atoms with van der Waals surface area (Å²) < 4.78 is 33.4. The van der Waals surface area contributed by atoms with E-state index < -0.39 is 39.0 Å². The molecule has 0 saturated carbocycles. The lowest BCUT2D eigenvalue weighted by Gasteiger charge is -2.03. The topological polar surface area (TPSA) is 111 Å². The molecule has 2 aromatic rings. The van der Waals surface area contributed by atoms with E-state index >= 15 is 0 Å². The van der Waals surface area contributed by atoms with Crippen LogP contribution < -0.4 is 0 Å². The molecule has 1 aromatic carbocycles. The Morgan fingerprint density at radius 1 is 1.29 bits per heavy atom. The van der Waals surface area contributed by atoms with Gasteiger partial charge in [0.1, 0.15) is 11.3 Å². The van der Waals surface area contributed by atoms with Crippen molar-refractivity contribution in [1.29, 1.82) is 0 Å². The maximum Gasteiger partial charge on any atom is 0.372 e. The van der Waals surface area contributed by atoms with Gasteiger partial charge >= 0.3 is 11.9 Å². The lowest BCUT2D eigenvalue weighted by Crippen LogP contribution is -2.19. The molecule has 0 radical (unpaired) electrons. The number of carbonyl (C=O) groups excluding carboxylic acids is 1. The Morgan fingerprint density at radius 3 is 2.57 bits per heavy atom. The third kappa shape index (κ3) is 3.22. The second-order valence-corrected chi connectivity index (χ2v) is 6.38. The summed E-state index contributed by atoms with van der Waals surface area (Å²) in [6.45, 7) is 0. The molecule has 0 saturated heterocycles. The van der Waals surface area contributed by atoms with Gasteiger partial charge in [-0.25, -0.2) is 13.2 Å². The molecule has 2 rings (SSSR count). The Morgan fingerprint density at radius 2 is 1.95 bits per heavy atom. The predicted octanol–water partition coefficient (Wildman–Crippen LogP) is 1.22. The maximum atomic E-state index is 12.0. The SMILES string of the molecule is COC(=O)CS(=O)(=O)Cc1c(C(=O)O)oc2ccccc12. The van der Waals surface area contributed by atoms with E-state index in [-0.39, 0.29) is 11.1 Å². The molecule has 7 nitrogen and oxygen atoms in total. The quantitative estimate of drug-likeness (QED) is 0.826. The molecule has 1 aromatic heterocycles. The van der Waals surface area contributed by atoms with Gasteiger partial charge in [0.15, 0.2) is 9.84 Å². The van der Waals surface area contributed by atoms with Gasteiger partial charge in [-0.15, -0.1) is 0 Å². The van der Waals surface area contributed by atoms with Gasteiger partial charge < -0.3 is 14.3 Å². The number of carboxylic acid groups (broad SMARTS) is 1. The third-order valence-electron chi connectivity index (χ3n) is 2.82. The highest BCUT2D eigenvalue weighted by atomic mass is 32.2. The van der Waals surface area contributed by atoms with Gasteiger partial charge in [0.2, 0.25) is 5.76 Å². The van der Waals surface area contributed by atoms with Gasteiger partial charge in [0.25, 0.3) is 0 Å². The number of hydrogen-bond acceptors (Lipinski definition) is 6. The molecule has 0 amide bonds. The van der Waals surface area contributed by atoms with Crippen LogP contribution in [0.2, 0.25) is 0 Å². The van der Waals surface area contributed by atoms with E-state index in [4.69, 9.17) is 9.52 Å². The summed E-state index contributed by atoms with van der Waals surface area (Å²) in [6, 6.07) is 6.39. The van der Waals surface area contributed by atoms with Crippen molar-refractivity contribution in [1.82, 2.24) is 0 Å². The lowest BCUT2D eigenvalue weighted by atomic mass is 10.1. The molecule has 8 heteroatoms. The molecule has 1 heterocycles. The minimum Gasteiger partial charge on any atom is -0.475 e. The minimum atomic E-state index is -3.86. The average Bonchev–Trinajstić information content (AvgIpc) is 2.77. The molecular formula is C13H12O7S. The van der Waals surface area contributed by atoms with Crippen LogP contribution in [0, 0.1) is 0 Å². The first-order chi connectivity index (χ1) is 9.84. The van der Waals surface area contributed by atoms with Gasteiger partial charge in [-0.2, -0.15) is 0 Å². The number of ether oxygens (including phenoxy) is 1. The molecule has 1 N–H and O–H groups in total. The van der Waals surface area contributed by atoms with Crippen LogP contribution in [0.3, 0.4) is 0 Å². The smallest absolute Gasteiger partial charge is 0.372 e. The lowest BCUT2D eigenvalue weighted by molar-refractivity contribution is -0.137. The number of sulfone groups is 1. The first-order valence-corrected chi connectivity index (χ1v) is 7.67. The van der Waals surface area contributed by atoms with Crippen molar-refractivity contribution in [3.63, 3.8) is 0 Å². The first kappa shape index (κ1) is 15.0. The molecule has 0 aliphatic heterocycles. The van der Waals surface area contributed by atoms with Crippen LogP contribution in [-0.2, 0) is 25.1 Å². The zero-order valence-electron chi connectivity index (χ0n) is 11.0. The van der Waals surface area contributed by atoms with Crippen molar-refractivity contribution in [3.8, 4) is 0 Å². The summed E-state index contributed by atoms with van der Waals surface area (Å²) in [7, 11) is -2.78. The van der Waals surface area contributed by atoms with Crippen LogP contribution in [-0.4, -0.2) is 38.3 Å². The van der Waals surface area contributed by atoms with E-state index in [9.17, 15) is 18.0 Å². The van der Waals surface area contributed by atoms with Crippen LogP contribution in [0.25, 0.3) is 11.0 Å². The number of carboxylic acids is 1. The standard InChI is InChI=1S/C13H12O7S/c1-19-11(14)7-21(17,18)6-9-8-4-2-3-5-10(8)20-12(9)13(15)16/h2-5H,6-7H2,1H3,(H,15,16). The van der Waals surface area contributed by atoms with Crippen molar-refractivity contribution in [2.45, 2.75) is 5.75 Å². The Labute approximate surface area is 120 Å². The zero-order valence-corrected chi connectivity index (χ0v) is 11.8. The summed E-state index contributed by atoms with van der Waals surface area (Å²) in [4.78, 5) is 22.3. The number of rotatable bonds is 5. The molecule has 0 fully saturated rings. The van der Waals surface area contributed by atoms with Crippen molar-refractivity contribution in [2.24, 2.45) is 0 Å². The monoisotopic (exact) mass is 312 g/mol. The van der Waals surface area contributed by atoms with Crippen LogP contribution in [0.5, 0.6) is 0 Å². The summed E-state index contributed by atoms with van der Waals surface area (Å²) >= 11 is 0. The highest BCUT2D eigenvalue weighted by molar-refractivity contribution is 7.91. The molecule has 112 valence electrons. The summed E-state index contributed by atoms with van der Waals surface area (Å²) in [5, 5.41) is 9.50. The highest BCUT2D eigenvalue weighted by Gasteiger charge is 2.26. The molecule has 0 bridgehead atoms. The summed E-state index contributed by atoms with van der Waals surface area (Å²) in [5.41, 5.74) is 0.306.